The van der Waals surface area contributed by atoms with Gasteiger partial charge in [-0.15, -0.1) is 0 Å². The molecule has 3 rings (SSSR count). The number of amides is 1. The van der Waals surface area contributed by atoms with Crippen LogP contribution >= 0.6 is 11.6 Å². The zero-order chi connectivity index (χ0) is 16.8. The van der Waals surface area contributed by atoms with Gasteiger partial charge in [0.25, 0.3) is 5.91 Å². The second-order valence-electron chi connectivity index (χ2n) is 5.02. The number of nitrogens with one attached hydrogen (secondary N) is 1. The van der Waals surface area contributed by atoms with Crippen LogP contribution in [0, 0.1) is 0 Å². The molecule has 0 saturated carbocycles. The molecule has 0 radical (unpaired) electrons. The zero-order valence-corrected chi connectivity index (χ0v) is 13.4. The first-order valence-electron chi connectivity index (χ1n) is 7.33. The number of carbonyl (C=O) groups excluding carboxylic acids is 1. The number of benzene rings is 2. The van der Waals surface area contributed by atoms with E-state index in [1.165, 1.54) is 0 Å². The summed E-state index contributed by atoms with van der Waals surface area (Å²) in [4.78, 5) is 16.4. The molecule has 0 saturated heterocycles. The van der Waals surface area contributed by atoms with E-state index in [2.05, 4.69) is 15.5 Å². The maximum absolute atomic E-state index is 12.3. The average molecular weight is 336 g/mol. The van der Waals surface area contributed by atoms with E-state index >= 15 is 0 Å². The Morgan fingerprint density at radius 1 is 0.917 bits per heavy atom. The van der Waals surface area contributed by atoms with Gasteiger partial charge in [0.1, 0.15) is 0 Å². The number of nitrogens with zero attached hydrogens (tertiary/aromatic N) is 2. The van der Waals surface area contributed by atoms with Crippen molar-refractivity contribution in [3.05, 3.63) is 101 Å². The van der Waals surface area contributed by atoms with Gasteiger partial charge in [0.2, 0.25) is 0 Å². The first kappa shape index (κ1) is 15.9. The van der Waals surface area contributed by atoms with Crippen LogP contribution in [0.2, 0.25) is 5.02 Å². The third-order valence-electron chi connectivity index (χ3n) is 3.34. The fourth-order valence-corrected chi connectivity index (χ4v) is 2.39. The fraction of sp³-hybridized carbons (Fsp3) is 0. The Morgan fingerprint density at radius 2 is 1.67 bits per heavy atom. The van der Waals surface area contributed by atoms with Gasteiger partial charge < -0.3 is 0 Å². The Kier molecular flexibility index (Phi) is 4.99. The van der Waals surface area contributed by atoms with Crippen LogP contribution in [0.15, 0.2) is 84.2 Å². The SMILES string of the molecule is O=C(N/N=C(/c1ccccc1)c1cccnc1)c1cccc(Cl)c1. The minimum atomic E-state index is -0.324. The molecule has 3 aromatic rings. The number of hydrogen-bond acceptors (Lipinski definition) is 3. The summed E-state index contributed by atoms with van der Waals surface area (Å²) < 4.78 is 0. The first-order chi connectivity index (χ1) is 11.7. The van der Waals surface area contributed by atoms with Crippen molar-refractivity contribution in [2.75, 3.05) is 0 Å². The normalized spacial score (nSPS) is 11.1. The highest BCUT2D eigenvalue weighted by atomic mass is 35.5. The molecule has 1 amide bonds. The third kappa shape index (κ3) is 3.86. The summed E-state index contributed by atoms with van der Waals surface area (Å²) in [6, 6.07) is 20.1. The fourth-order valence-electron chi connectivity index (χ4n) is 2.20. The van der Waals surface area contributed by atoms with E-state index < -0.39 is 0 Å². The summed E-state index contributed by atoms with van der Waals surface area (Å²) in [6.45, 7) is 0. The highest BCUT2D eigenvalue weighted by molar-refractivity contribution is 6.31. The van der Waals surface area contributed by atoms with E-state index in [0.29, 0.717) is 16.3 Å². The average Bonchev–Trinajstić information content (AvgIpc) is 2.63. The number of aromatic nitrogens is 1. The van der Waals surface area contributed by atoms with Gasteiger partial charge in [-0.05, 0) is 30.3 Å². The third-order valence-corrected chi connectivity index (χ3v) is 3.57. The second kappa shape index (κ2) is 7.53. The summed E-state index contributed by atoms with van der Waals surface area (Å²) in [5.74, 6) is -0.324. The van der Waals surface area contributed by atoms with E-state index in [1.54, 1.807) is 36.7 Å². The highest BCUT2D eigenvalue weighted by Gasteiger charge is 2.09. The topological polar surface area (TPSA) is 54.4 Å². The zero-order valence-electron chi connectivity index (χ0n) is 12.7. The lowest BCUT2D eigenvalue weighted by molar-refractivity contribution is 0.0955. The van der Waals surface area contributed by atoms with Gasteiger partial charge >= 0.3 is 0 Å². The molecule has 0 spiro atoms. The van der Waals surface area contributed by atoms with Crippen LogP contribution in [0.25, 0.3) is 0 Å². The number of rotatable bonds is 4. The molecule has 0 aliphatic carbocycles. The van der Waals surface area contributed by atoms with Crippen molar-refractivity contribution in [1.29, 1.82) is 0 Å². The van der Waals surface area contributed by atoms with Crippen LogP contribution < -0.4 is 5.43 Å². The molecule has 0 fully saturated rings. The second-order valence-corrected chi connectivity index (χ2v) is 5.46. The van der Waals surface area contributed by atoms with E-state index in [0.717, 1.165) is 11.1 Å². The predicted octanol–water partition coefficient (Wildman–Crippen LogP) is 3.92. The molecule has 1 heterocycles. The van der Waals surface area contributed by atoms with Crippen LogP contribution in [0.4, 0.5) is 0 Å². The van der Waals surface area contributed by atoms with Gasteiger partial charge in [0, 0.05) is 34.1 Å². The Hall–Kier alpha value is -2.98. The highest BCUT2D eigenvalue weighted by Crippen LogP contribution is 2.12. The maximum atomic E-state index is 12.3. The van der Waals surface area contributed by atoms with Crippen LogP contribution in [0.1, 0.15) is 21.5 Å². The van der Waals surface area contributed by atoms with Crippen molar-refractivity contribution >= 4 is 23.2 Å². The minimum Gasteiger partial charge on any atom is -0.267 e. The molecule has 2 aromatic carbocycles. The maximum Gasteiger partial charge on any atom is 0.271 e. The minimum absolute atomic E-state index is 0.324. The van der Waals surface area contributed by atoms with Crippen molar-refractivity contribution in [3.63, 3.8) is 0 Å². The van der Waals surface area contributed by atoms with Crippen molar-refractivity contribution in [2.45, 2.75) is 0 Å². The van der Waals surface area contributed by atoms with Gasteiger partial charge in [-0.25, -0.2) is 5.43 Å². The quantitative estimate of drug-likeness (QED) is 0.580. The smallest absolute Gasteiger partial charge is 0.267 e. The van der Waals surface area contributed by atoms with Gasteiger partial charge in [0.15, 0.2) is 0 Å². The lowest BCUT2D eigenvalue weighted by atomic mass is 10.0. The molecule has 0 aliphatic rings. The molecule has 0 unspecified atom stereocenters. The molecule has 0 atom stereocenters. The number of hydrazone groups is 1. The molecule has 4 nitrogen and oxygen atoms in total. The van der Waals surface area contributed by atoms with Crippen molar-refractivity contribution in [1.82, 2.24) is 10.4 Å². The van der Waals surface area contributed by atoms with Crippen molar-refractivity contribution in [2.24, 2.45) is 5.10 Å². The molecule has 0 aliphatic heterocycles. The Balaban J connectivity index is 1.91. The summed E-state index contributed by atoms with van der Waals surface area (Å²) in [5, 5.41) is 4.81. The number of pyridine rings is 1. The van der Waals surface area contributed by atoms with Crippen molar-refractivity contribution in [3.8, 4) is 0 Å². The molecule has 1 aromatic heterocycles. The van der Waals surface area contributed by atoms with Gasteiger partial charge in [-0.2, -0.15) is 5.10 Å². The van der Waals surface area contributed by atoms with E-state index in [4.69, 9.17) is 11.6 Å². The number of hydrogen-bond donors (Lipinski definition) is 1. The number of halogens is 1. The van der Waals surface area contributed by atoms with E-state index in [9.17, 15) is 4.79 Å². The molecule has 1 N–H and O–H groups in total. The molecular weight excluding hydrogens is 322 g/mol. The predicted molar refractivity (Wildman–Crippen MR) is 95.2 cm³/mol. The summed E-state index contributed by atoms with van der Waals surface area (Å²) in [7, 11) is 0. The van der Waals surface area contributed by atoms with Crippen LogP contribution in [0.3, 0.4) is 0 Å². The van der Waals surface area contributed by atoms with Crippen LogP contribution in [-0.4, -0.2) is 16.6 Å². The molecule has 24 heavy (non-hydrogen) atoms. The monoisotopic (exact) mass is 335 g/mol. The lowest BCUT2D eigenvalue weighted by Gasteiger charge is -2.07. The lowest BCUT2D eigenvalue weighted by Crippen LogP contribution is -2.20. The van der Waals surface area contributed by atoms with Crippen LogP contribution in [0.5, 0.6) is 0 Å². The molecular formula is C19H14ClN3O. The summed E-state index contributed by atoms with van der Waals surface area (Å²) >= 11 is 5.92. The molecule has 5 heteroatoms. The first-order valence-corrected chi connectivity index (χ1v) is 7.71. The van der Waals surface area contributed by atoms with E-state index in [1.807, 2.05) is 42.5 Å². The van der Waals surface area contributed by atoms with Gasteiger partial charge in [0.05, 0.1) is 5.71 Å². The standard InChI is InChI=1S/C19H14ClN3O/c20-17-10-4-8-15(12-17)19(24)23-22-18(14-6-2-1-3-7-14)16-9-5-11-21-13-16/h1-13H,(H,23,24)/b22-18-. The number of carbonyl (C=O) groups is 1. The Labute approximate surface area is 144 Å². The summed E-state index contributed by atoms with van der Waals surface area (Å²) in [6.07, 6.45) is 3.40. The van der Waals surface area contributed by atoms with Crippen molar-refractivity contribution < 1.29 is 4.79 Å². The van der Waals surface area contributed by atoms with Gasteiger partial charge in [-0.3, -0.25) is 9.78 Å². The summed E-state index contributed by atoms with van der Waals surface area (Å²) in [5.41, 5.74) is 5.37. The Morgan fingerprint density at radius 3 is 2.38 bits per heavy atom. The van der Waals surface area contributed by atoms with Gasteiger partial charge in [-0.1, -0.05) is 48.0 Å². The molecule has 0 bridgehead atoms. The van der Waals surface area contributed by atoms with E-state index in [-0.39, 0.29) is 5.91 Å². The van der Waals surface area contributed by atoms with Crippen LogP contribution in [-0.2, 0) is 0 Å². The largest absolute Gasteiger partial charge is 0.271 e. The Bertz CT molecular complexity index is 823. The molecule has 118 valence electrons.